The highest BCUT2D eigenvalue weighted by Crippen LogP contribution is 2.32. The summed E-state index contributed by atoms with van der Waals surface area (Å²) in [7, 11) is -3.40. The van der Waals surface area contributed by atoms with Crippen LogP contribution in [0.25, 0.3) is 0 Å². The van der Waals surface area contributed by atoms with Gasteiger partial charge in [-0.05, 0) is 30.7 Å². The second kappa shape index (κ2) is 5.77. The summed E-state index contributed by atoms with van der Waals surface area (Å²) in [4.78, 5) is 5.67. The maximum atomic E-state index is 12.2. The van der Waals surface area contributed by atoms with E-state index in [-0.39, 0.29) is 5.75 Å². The van der Waals surface area contributed by atoms with Gasteiger partial charge in [-0.1, -0.05) is 37.3 Å². The van der Waals surface area contributed by atoms with E-state index in [9.17, 15) is 8.42 Å². The molecule has 1 unspecified atom stereocenters. The number of hydrogen-bond donors (Lipinski definition) is 1. The summed E-state index contributed by atoms with van der Waals surface area (Å²) < 4.78 is 27.0. The molecule has 0 bridgehead atoms. The van der Waals surface area contributed by atoms with Crippen LogP contribution in [0.1, 0.15) is 29.5 Å². The van der Waals surface area contributed by atoms with Crippen LogP contribution in [0.15, 0.2) is 30.3 Å². The highest BCUT2D eigenvalue weighted by atomic mass is 32.2. The highest BCUT2D eigenvalue weighted by Gasteiger charge is 2.21. The molecule has 0 saturated carbocycles. The molecule has 1 aliphatic carbocycles. The van der Waals surface area contributed by atoms with Gasteiger partial charge in [-0.2, -0.15) is 0 Å². The van der Waals surface area contributed by atoms with Gasteiger partial charge in [-0.15, -0.1) is 11.3 Å². The number of anilines is 1. The SMILES string of the molecule is CC1CCc2nc(NS(=O)(=O)Cc3ccccc3)sc2C1. The van der Waals surface area contributed by atoms with Crippen LogP contribution in [-0.4, -0.2) is 13.4 Å². The molecular weight excluding hydrogens is 304 g/mol. The lowest BCUT2D eigenvalue weighted by Gasteiger charge is -2.15. The van der Waals surface area contributed by atoms with Gasteiger partial charge in [0.1, 0.15) is 0 Å². The minimum absolute atomic E-state index is 0.0194. The van der Waals surface area contributed by atoms with Crippen LogP contribution in [0.4, 0.5) is 5.13 Å². The van der Waals surface area contributed by atoms with E-state index in [0.29, 0.717) is 11.0 Å². The molecule has 0 amide bonds. The van der Waals surface area contributed by atoms with Crippen molar-refractivity contribution in [2.75, 3.05) is 4.72 Å². The van der Waals surface area contributed by atoms with Crippen molar-refractivity contribution in [2.45, 2.75) is 31.9 Å². The first-order chi connectivity index (χ1) is 10.0. The van der Waals surface area contributed by atoms with Gasteiger partial charge in [0.2, 0.25) is 10.0 Å². The van der Waals surface area contributed by atoms with E-state index < -0.39 is 10.0 Å². The largest absolute Gasteiger partial charge is 0.258 e. The molecular formula is C15H18N2O2S2. The zero-order valence-electron chi connectivity index (χ0n) is 11.9. The first kappa shape index (κ1) is 14.5. The van der Waals surface area contributed by atoms with Crippen LogP contribution in [-0.2, 0) is 28.6 Å². The normalized spacial score (nSPS) is 18.2. The fraction of sp³-hybridized carbons (Fsp3) is 0.400. The third-order valence-electron chi connectivity index (χ3n) is 3.63. The summed E-state index contributed by atoms with van der Waals surface area (Å²) in [6.45, 7) is 2.22. The number of nitrogens with one attached hydrogen (secondary N) is 1. The molecule has 21 heavy (non-hydrogen) atoms. The molecule has 1 heterocycles. The maximum Gasteiger partial charge on any atom is 0.238 e. The van der Waals surface area contributed by atoms with Crippen LogP contribution in [0.5, 0.6) is 0 Å². The minimum atomic E-state index is -3.40. The fourth-order valence-corrected chi connectivity index (χ4v) is 5.13. The topological polar surface area (TPSA) is 59.1 Å². The fourth-order valence-electron chi connectivity index (χ4n) is 2.55. The summed E-state index contributed by atoms with van der Waals surface area (Å²) >= 11 is 1.48. The summed E-state index contributed by atoms with van der Waals surface area (Å²) in [6.07, 6.45) is 3.09. The molecule has 2 aromatic rings. The van der Waals surface area contributed by atoms with Gasteiger partial charge in [0.05, 0.1) is 11.4 Å². The molecule has 1 N–H and O–H groups in total. The molecule has 1 atom stereocenters. The standard InChI is InChI=1S/C15H18N2O2S2/c1-11-7-8-13-14(9-11)20-15(16-13)17-21(18,19)10-12-5-3-2-4-6-12/h2-6,11H,7-10H2,1H3,(H,16,17). The second-order valence-electron chi connectivity index (χ2n) is 5.58. The molecule has 112 valence electrons. The lowest BCUT2D eigenvalue weighted by atomic mass is 9.93. The Morgan fingerprint density at radius 1 is 1.33 bits per heavy atom. The van der Waals surface area contributed by atoms with E-state index in [0.717, 1.165) is 30.5 Å². The predicted molar refractivity (Wildman–Crippen MR) is 86.0 cm³/mol. The highest BCUT2D eigenvalue weighted by molar-refractivity contribution is 7.92. The van der Waals surface area contributed by atoms with E-state index in [1.54, 1.807) is 0 Å². The molecule has 0 fully saturated rings. The van der Waals surface area contributed by atoms with Crippen LogP contribution in [0.2, 0.25) is 0 Å². The third-order valence-corrected chi connectivity index (χ3v) is 6.01. The summed E-state index contributed by atoms with van der Waals surface area (Å²) in [6, 6.07) is 9.18. The smallest absolute Gasteiger partial charge is 0.238 e. The Morgan fingerprint density at radius 2 is 2.10 bits per heavy atom. The molecule has 6 heteroatoms. The van der Waals surface area contributed by atoms with E-state index in [2.05, 4.69) is 16.6 Å². The van der Waals surface area contributed by atoms with Gasteiger partial charge in [0, 0.05) is 4.88 Å². The lowest BCUT2D eigenvalue weighted by molar-refractivity contribution is 0.502. The summed E-state index contributed by atoms with van der Waals surface area (Å²) in [5.41, 5.74) is 1.84. The number of aryl methyl sites for hydroxylation is 1. The van der Waals surface area contributed by atoms with Crippen molar-refractivity contribution in [3.63, 3.8) is 0 Å². The average molecular weight is 322 g/mol. The van der Waals surface area contributed by atoms with Gasteiger partial charge >= 0.3 is 0 Å². The zero-order chi connectivity index (χ0) is 14.9. The molecule has 0 aliphatic heterocycles. The number of fused-ring (bicyclic) bond motifs is 1. The minimum Gasteiger partial charge on any atom is -0.258 e. The molecule has 0 radical (unpaired) electrons. The van der Waals surface area contributed by atoms with Crippen molar-refractivity contribution in [1.82, 2.24) is 4.98 Å². The van der Waals surface area contributed by atoms with Crippen molar-refractivity contribution in [1.29, 1.82) is 0 Å². The Balaban J connectivity index is 1.74. The quantitative estimate of drug-likeness (QED) is 0.940. The van der Waals surface area contributed by atoms with Gasteiger partial charge in [-0.25, -0.2) is 13.4 Å². The summed E-state index contributed by atoms with van der Waals surface area (Å²) in [5, 5.41) is 0.505. The Bertz CT molecular complexity index is 723. The number of thiazole rings is 1. The molecule has 0 spiro atoms. The first-order valence-corrected chi connectivity index (χ1v) is 9.52. The second-order valence-corrected chi connectivity index (χ2v) is 8.39. The van der Waals surface area contributed by atoms with E-state index in [1.807, 2.05) is 30.3 Å². The molecule has 1 aromatic heterocycles. The molecule has 1 aliphatic rings. The molecule has 4 nitrogen and oxygen atoms in total. The van der Waals surface area contributed by atoms with Gasteiger partial charge in [-0.3, -0.25) is 4.72 Å². The predicted octanol–water partition coefficient (Wildman–Crippen LogP) is 3.21. The third kappa shape index (κ3) is 3.63. The molecule has 1 aromatic carbocycles. The van der Waals surface area contributed by atoms with Crippen LogP contribution in [0, 0.1) is 5.92 Å². The monoisotopic (exact) mass is 322 g/mol. The summed E-state index contributed by atoms with van der Waals surface area (Å²) in [5.74, 6) is 0.640. The van der Waals surface area contributed by atoms with Crippen LogP contribution in [0.3, 0.4) is 0 Å². The average Bonchev–Trinajstić information content (AvgIpc) is 2.79. The van der Waals surface area contributed by atoms with Gasteiger partial charge in [0.15, 0.2) is 5.13 Å². The number of sulfonamides is 1. The number of rotatable bonds is 4. The number of aromatic nitrogens is 1. The van der Waals surface area contributed by atoms with E-state index in [1.165, 1.54) is 16.2 Å². The van der Waals surface area contributed by atoms with Crippen molar-refractivity contribution in [3.05, 3.63) is 46.5 Å². The van der Waals surface area contributed by atoms with E-state index >= 15 is 0 Å². The molecule has 0 saturated heterocycles. The zero-order valence-corrected chi connectivity index (χ0v) is 13.5. The van der Waals surface area contributed by atoms with Crippen molar-refractivity contribution in [3.8, 4) is 0 Å². The van der Waals surface area contributed by atoms with Gasteiger partial charge < -0.3 is 0 Å². The lowest BCUT2D eigenvalue weighted by Crippen LogP contribution is -2.15. The Hall–Kier alpha value is -1.40. The first-order valence-electron chi connectivity index (χ1n) is 7.05. The Labute approximate surface area is 129 Å². The van der Waals surface area contributed by atoms with E-state index in [4.69, 9.17) is 0 Å². The van der Waals surface area contributed by atoms with Crippen LogP contribution < -0.4 is 4.72 Å². The number of hydrogen-bond acceptors (Lipinski definition) is 4. The Kier molecular flexibility index (Phi) is 3.99. The molecule has 3 rings (SSSR count). The Morgan fingerprint density at radius 3 is 2.86 bits per heavy atom. The van der Waals surface area contributed by atoms with Crippen molar-refractivity contribution in [2.24, 2.45) is 5.92 Å². The van der Waals surface area contributed by atoms with Crippen LogP contribution >= 0.6 is 11.3 Å². The maximum absolute atomic E-state index is 12.2. The van der Waals surface area contributed by atoms with Gasteiger partial charge in [0.25, 0.3) is 0 Å². The van der Waals surface area contributed by atoms with Crippen molar-refractivity contribution < 1.29 is 8.42 Å². The van der Waals surface area contributed by atoms with Crippen molar-refractivity contribution >= 4 is 26.5 Å². The number of benzene rings is 1. The number of nitrogens with zero attached hydrogens (tertiary/aromatic N) is 1.